The Morgan fingerprint density at radius 1 is 1.33 bits per heavy atom. The van der Waals surface area contributed by atoms with Crippen molar-refractivity contribution in [1.82, 2.24) is 5.32 Å². The molecule has 2 N–H and O–H groups in total. The molecule has 0 saturated heterocycles. The van der Waals surface area contributed by atoms with E-state index in [1.54, 1.807) is 7.05 Å². The number of nitro benzene ring substituents is 1. The molecule has 1 aliphatic rings. The van der Waals surface area contributed by atoms with Gasteiger partial charge in [0, 0.05) is 24.1 Å². The van der Waals surface area contributed by atoms with Gasteiger partial charge in [-0.3, -0.25) is 19.7 Å². The van der Waals surface area contributed by atoms with E-state index >= 15 is 0 Å². The predicted molar refractivity (Wildman–Crippen MR) is 105 cm³/mol. The van der Waals surface area contributed by atoms with Crippen molar-refractivity contribution in [3.63, 3.8) is 0 Å². The quantitative estimate of drug-likeness (QED) is 0.589. The van der Waals surface area contributed by atoms with E-state index in [9.17, 15) is 19.7 Å². The number of halogens is 1. The van der Waals surface area contributed by atoms with Gasteiger partial charge < -0.3 is 10.6 Å². The number of rotatable bonds is 4. The van der Waals surface area contributed by atoms with Crippen LogP contribution in [0.3, 0.4) is 0 Å². The third-order valence-electron chi connectivity index (χ3n) is 4.60. The molecule has 2 amide bonds. The second-order valence-corrected chi connectivity index (χ2v) is 8.02. The van der Waals surface area contributed by atoms with Crippen LogP contribution in [0.1, 0.15) is 44.5 Å². The van der Waals surface area contributed by atoms with Gasteiger partial charge >= 0.3 is 0 Å². The zero-order valence-corrected chi connectivity index (χ0v) is 16.4. The van der Waals surface area contributed by atoms with Crippen molar-refractivity contribution in [2.24, 2.45) is 5.92 Å². The molecule has 7 nitrogen and oxygen atoms in total. The van der Waals surface area contributed by atoms with E-state index in [1.807, 2.05) is 0 Å². The molecule has 0 spiro atoms. The summed E-state index contributed by atoms with van der Waals surface area (Å²) in [6.07, 6.45) is 2.62. The molecule has 0 unspecified atom stereocenters. The van der Waals surface area contributed by atoms with E-state index in [1.165, 1.54) is 23.5 Å². The van der Waals surface area contributed by atoms with Crippen molar-refractivity contribution in [3.8, 4) is 0 Å². The van der Waals surface area contributed by atoms with Crippen LogP contribution in [0.15, 0.2) is 18.2 Å². The SMILES string of the molecule is CNC(=O)c1c(NC(=O)c2cc([N+](=O)[O-])ccc2Cl)sc2c1CC[C@@H](C)C2. The number of carbonyl (C=O) groups excluding carboxylic acids is 2. The van der Waals surface area contributed by atoms with Crippen LogP contribution in [0.25, 0.3) is 0 Å². The van der Waals surface area contributed by atoms with Crippen molar-refractivity contribution in [3.05, 3.63) is 54.9 Å². The molecule has 9 heteroatoms. The maximum Gasteiger partial charge on any atom is 0.270 e. The van der Waals surface area contributed by atoms with E-state index < -0.39 is 10.8 Å². The molecule has 2 aromatic rings. The van der Waals surface area contributed by atoms with Crippen LogP contribution in [0, 0.1) is 16.0 Å². The Morgan fingerprint density at radius 3 is 2.74 bits per heavy atom. The molecule has 1 aromatic carbocycles. The number of non-ortho nitro benzene ring substituents is 1. The first-order valence-corrected chi connectivity index (χ1v) is 9.63. The first-order chi connectivity index (χ1) is 12.8. The molecule has 142 valence electrons. The lowest BCUT2D eigenvalue weighted by molar-refractivity contribution is -0.384. The van der Waals surface area contributed by atoms with E-state index in [2.05, 4.69) is 17.6 Å². The molecule has 0 radical (unpaired) electrons. The summed E-state index contributed by atoms with van der Waals surface area (Å²) in [5.41, 5.74) is 1.21. The van der Waals surface area contributed by atoms with Crippen LogP contribution in [0.4, 0.5) is 10.7 Å². The Kier molecular flexibility index (Phi) is 5.48. The van der Waals surface area contributed by atoms with Gasteiger partial charge in [0.1, 0.15) is 5.00 Å². The maximum absolute atomic E-state index is 12.7. The number of hydrogen-bond donors (Lipinski definition) is 2. The molecule has 3 rings (SSSR count). The average Bonchev–Trinajstić information content (AvgIpc) is 2.97. The fraction of sp³-hybridized carbons (Fsp3) is 0.333. The molecule has 1 aliphatic carbocycles. The second kappa shape index (κ2) is 7.66. The molecule has 0 fully saturated rings. The highest BCUT2D eigenvalue weighted by molar-refractivity contribution is 7.17. The zero-order chi connectivity index (χ0) is 19.7. The molecule has 0 saturated carbocycles. The van der Waals surface area contributed by atoms with Crippen molar-refractivity contribution < 1.29 is 14.5 Å². The van der Waals surface area contributed by atoms with Crippen molar-refractivity contribution in [2.75, 3.05) is 12.4 Å². The van der Waals surface area contributed by atoms with Gasteiger partial charge in [0.05, 0.1) is 21.1 Å². The smallest absolute Gasteiger partial charge is 0.270 e. The molecule has 0 aliphatic heterocycles. The number of carbonyl (C=O) groups is 2. The van der Waals surface area contributed by atoms with Gasteiger partial charge in [0.25, 0.3) is 17.5 Å². The van der Waals surface area contributed by atoms with Gasteiger partial charge in [-0.15, -0.1) is 11.3 Å². The summed E-state index contributed by atoms with van der Waals surface area (Å²) in [6, 6.07) is 3.68. The number of nitro groups is 1. The summed E-state index contributed by atoms with van der Waals surface area (Å²) < 4.78 is 0. The number of anilines is 1. The summed E-state index contributed by atoms with van der Waals surface area (Å²) in [6.45, 7) is 2.16. The zero-order valence-electron chi connectivity index (χ0n) is 14.8. The van der Waals surface area contributed by atoms with Gasteiger partial charge in [-0.1, -0.05) is 18.5 Å². The van der Waals surface area contributed by atoms with Crippen LogP contribution in [-0.2, 0) is 12.8 Å². The van der Waals surface area contributed by atoms with Gasteiger partial charge in [-0.05, 0) is 36.8 Å². The molecular formula is C18H18ClN3O4S. The number of fused-ring (bicyclic) bond motifs is 1. The third kappa shape index (κ3) is 3.81. The van der Waals surface area contributed by atoms with Gasteiger partial charge in [-0.25, -0.2) is 0 Å². The summed E-state index contributed by atoms with van der Waals surface area (Å²) in [4.78, 5) is 36.6. The van der Waals surface area contributed by atoms with Crippen LogP contribution in [-0.4, -0.2) is 23.8 Å². The molecular weight excluding hydrogens is 390 g/mol. The number of nitrogens with zero attached hydrogens (tertiary/aromatic N) is 1. The molecule has 27 heavy (non-hydrogen) atoms. The average molecular weight is 408 g/mol. The lowest BCUT2D eigenvalue weighted by Crippen LogP contribution is -2.22. The summed E-state index contributed by atoms with van der Waals surface area (Å²) >= 11 is 7.43. The van der Waals surface area contributed by atoms with Gasteiger partial charge in [0.15, 0.2) is 0 Å². The van der Waals surface area contributed by atoms with Gasteiger partial charge in [-0.2, -0.15) is 0 Å². The summed E-state index contributed by atoms with van der Waals surface area (Å²) in [7, 11) is 1.54. The topological polar surface area (TPSA) is 101 Å². The van der Waals surface area contributed by atoms with Crippen molar-refractivity contribution >= 4 is 45.4 Å². The number of amides is 2. The van der Waals surface area contributed by atoms with Crippen LogP contribution in [0.5, 0.6) is 0 Å². The molecule has 1 aromatic heterocycles. The number of thiophene rings is 1. The van der Waals surface area contributed by atoms with E-state index in [4.69, 9.17) is 11.6 Å². The molecule has 1 atom stereocenters. The highest BCUT2D eigenvalue weighted by Gasteiger charge is 2.28. The van der Waals surface area contributed by atoms with Crippen LogP contribution >= 0.6 is 22.9 Å². The van der Waals surface area contributed by atoms with Crippen LogP contribution < -0.4 is 10.6 Å². The third-order valence-corrected chi connectivity index (χ3v) is 6.10. The van der Waals surface area contributed by atoms with E-state index in [0.717, 1.165) is 35.8 Å². The Bertz CT molecular complexity index is 941. The Balaban J connectivity index is 1.98. The second-order valence-electron chi connectivity index (χ2n) is 6.51. The number of hydrogen-bond acceptors (Lipinski definition) is 5. The van der Waals surface area contributed by atoms with Crippen molar-refractivity contribution in [2.45, 2.75) is 26.2 Å². The normalized spacial score (nSPS) is 15.7. The fourth-order valence-electron chi connectivity index (χ4n) is 3.18. The number of nitrogens with one attached hydrogen (secondary N) is 2. The Labute approximate surface area is 164 Å². The maximum atomic E-state index is 12.7. The van der Waals surface area contributed by atoms with Gasteiger partial charge in [0.2, 0.25) is 0 Å². The minimum Gasteiger partial charge on any atom is -0.355 e. The Hall–Kier alpha value is -2.45. The lowest BCUT2D eigenvalue weighted by Gasteiger charge is -2.18. The predicted octanol–water partition coefficient (Wildman–Crippen LogP) is 4.05. The summed E-state index contributed by atoms with van der Waals surface area (Å²) in [5.74, 6) is -0.327. The van der Waals surface area contributed by atoms with Crippen molar-refractivity contribution in [1.29, 1.82) is 0 Å². The molecule has 1 heterocycles. The first kappa shape index (κ1) is 19.3. The van der Waals surface area contributed by atoms with E-state index in [0.29, 0.717) is 16.5 Å². The standard InChI is InChI=1S/C18H18ClN3O4S/c1-9-3-5-11-14(7-9)27-18(15(11)17(24)20-2)21-16(23)12-8-10(22(25)26)4-6-13(12)19/h4,6,8-9H,3,5,7H2,1-2H3,(H,20,24)(H,21,23)/t9-/m1/s1. The summed E-state index contributed by atoms with van der Waals surface area (Å²) in [5, 5.41) is 16.9. The minimum absolute atomic E-state index is 0.00605. The number of benzene rings is 1. The lowest BCUT2D eigenvalue weighted by atomic mass is 9.88. The minimum atomic E-state index is -0.589. The highest BCUT2D eigenvalue weighted by Crippen LogP contribution is 2.40. The van der Waals surface area contributed by atoms with Crippen LogP contribution in [0.2, 0.25) is 5.02 Å². The molecule has 0 bridgehead atoms. The fourth-order valence-corrected chi connectivity index (χ4v) is 4.78. The first-order valence-electron chi connectivity index (χ1n) is 8.43. The monoisotopic (exact) mass is 407 g/mol. The largest absolute Gasteiger partial charge is 0.355 e. The highest BCUT2D eigenvalue weighted by atomic mass is 35.5. The van der Waals surface area contributed by atoms with E-state index in [-0.39, 0.29) is 22.2 Å². The Morgan fingerprint density at radius 2 is 2.07 bits per heavy atom.